The monoisotopic (exact) mass is 271 g/mol. The minimum Gasteiger partial charge on any atom is -0.478 e. The minimum atomic E-state index is -1.05. The second kappa shape index (κ2) is 6.42. The maximum atomic E-state index is 11.7. The lowest BCUT2D eigenvalue weighted by molar-refractivity contribution is -0.116. The number of carbonyl (C=O) groups excluding carboxylic acids is 1. The molecule has 0 unspecified atom stereocenters. The second-order valence-electron chi connectivity index (χ2n) is 4.11. The Morgan fingerprint density at radius 3 is 2.60 bits per heavy atom. The van der Waals surface area contributed by atoms with E-state index in [-0.39, 0.29) is 11.5 Å². The number of aromatic nitrogens is 2. The van der Waals surface area contributed by atoms with E-state index in [0.717, 1.165) is 5.69 Å². The Morgan fingerprint density at radius 1 is 1.15 bits per heavy atom. The molecule has 6 nitrogen and oxygen atoms in total. The first kappa shape index (κ1) is 13.7. The number of rotatable bonds is 5. The van der Waals surface area contributed by atoms with E-state index in [1.165, 1.54) is 18.3 Å². The number of hydrogen-bond acceptors (Lipinski definition) is 4. The highest BCUT2D eigenvalue weighted by Gasteiger charge is 2.06. The Morgan fingerprint density at radius 2 is 2.00 bits per heavy atom. The van der Waals surface area contributed by atoms with Crippen LogP contribution >= 0.6 is 0 Å². The number of nitrogens with one attached hydrogen (secondary N) is 1. The molecule has 0 radical (unpaired) electrons. The number of anilines is 1. The van der Waals surface area contributed by atoms with Crippen LogP contribution in [0.15, 0.2) is 42.7 Å². The Labute approximate surface area is 115 Å². The number of carbonyl (C=O) groups is 2. The predicted octanol–water partition coefficient (Wildman–Crippen LogP) is 1.75. The zero-order valence-corrected chi connectivity index (χ0v) is 10.6. The Kier molecular flexibility index (Phi) is 4.39. The number of aryl methyl sites for hydroxylation is 1. The first-order valence-electron chi connectivity index (χ1n) is 6.04. The number of carboxylic acid groups (broad SMARTS) is 1. The van der Waals surface area contributed by atoms with Crippen LogP contribution in [0.4, 0.5) is 5.82 Å². The molecule has 0 atom stereocenters. The quantitative estimate of drug-likeness (QED) is 0.864. The molecule has 2 rings (SSSR count). The van der Waals surface area contributed by atoms with Crippen LogP contribution in [0.1, 0.15) is 22.5 Å². The van der Waals surface area contributed by atoms with E-state index in [0.29, 0.717) is 18.7 Å². The molecule has 2 N–H and O–H groups in total. The third kappa shape index (κ3) is 3.88. The van der Waals surface area contributed by atoms with Gasteiger partial charge >= 0.3 is 5.97 Å². The van der Waals surface area contributed by atoms with Crippen LogP contribution in [0.2, 0.25) is 0 Å². The number of amides is 1. The molecule has 0 spiro atoms. The van der Waals surface area contributed by atoms with Crippen molar-refractivity contribution >= 4 is 17.7 Å². The summed E-state index contributed by atoms with van der Waals surface area (Å²) in [5.41, 5.74) is 0.924. The topological polar surface area (TPSA) is 92.2 Å². The van der Waals surface area contributed by atoms with Crippen LogP contribution in [0.5, 0.6) is 0 Å². The lowest BCUT2D eigenvalue weighted by Gasteiger charge is -2.04. The van der Waals surface area contributed by atoms with Gasteiger partial charge < -0.3 is 10.4 Å². The van der Waals surface area contributed by atoms with Crippen LogP contribution < -0.4 is 5.32 Å². The van der Waals surface area contributed by atoms with Crippen molar-refractivity contribution in [3.05, 3.63) is 54.0 Å². The van der Waals surface area contributed by atoms with E-state index in [2.05, 4.69) is 15.3 Å². The third-order valence-corrected chi connectivity index (χ3v) is 2.61. The highest BCUT2D eigenvalue weighted by Crippen LogP contribution is 2.06. The van der Waals surface area contributed by atoms with Gasteiger partial charge in [0.15, 0.2) is 0 Å². The molecule has 2 heterocycles. The largest absolute Gasteiger partial charge is 0.478 e. The highest BCUT2D eigenvalue weighted by molar-refractivity contribution is 5.91. The van der Waals surface area contributed by atoms with Crippen molar-refractivity contribution in [1.29, 1.82) is 0 Å². The maximum Gasteiger partial charge on any atom is 0.337 e. The molecule has 2 aromatic rings. The summed E-state index contributed by atoms with van der Waals surface area (Å²) in [5.74, 6) is -0.905. The Bertz CT molecular complexity index is 597. The Hall–Kier alpha value is -2.76. The molecule has 20 heavy (non-hydrogen) atoms. The molecule has 102 valence electrons. The van der Waals surface area contributed by atoms with Gasteiger partial charge in [0, 0.05) is 24.5 Å². The number of carboxylic acids is 1. The molecule has 2 aromatic heterocycles. The predicted molar refractivity (Wildman–Crippen MR) is 72.4 cm³/mol. The minimum absolute atomic E-state index is 0.0801. The molecule has 0 saturated heterocycles. The Balaban J connectivity index is 1.86. The van der Waals surface area contributed by atoms with Crippen LogP contribution in [0.25, 0.3) is 0 Å². The van der Waals surface area contributed by atoms with Crippen molar-refractivity contribution in [3.63, 3.8) is 0 Å². The van der Waals surface area contributed by atoms with Gasteiger partial charge in [0.05, 0.1) is 5.56 Å². The average Bonchev–Trinajstić information content (AvgIpc) is 2.47. The highest BCUT2D eigenvalue weighted by atomic mass is 16.4. The molecule has 0 aliphatic rings. The van der Waals surface area contributed by atoms with Crippen LogP contribution in [-0.4, -0.2) is 27.0 Å². The lowest BCUT2D eigenvalue weighted by Crippen LogP contribution is -2.13. The van der Waals surface area contributed by atoms with E-state index in [9.17, 15) is 9.59 Å². The maximum absolute atomic E-state index is 11.7. The summed E-state index contributed by atoms with van der Waals surface area (Å²) in [4.78, 5) is 30.4. The van der Waals surface area contributed by atoms with E-state index >= 15 is 0 Å². The van der Waals surface area contributed by atoms with Gasteiger partial charge in [-0.15, -0.1) is 0 Å². The van der Waals surface area contributed by atoms with Crippen molar-refractivity contribution in [2.45, 2.75) is 12.8 Å². The number of aromatic carboxylic acids is 1. The first-order chi connectivity index (χ1) is 9.65. The van der Waals surface area contributed by atoms with Gasteiger partial charge in [0.2, 0.25) is 5.91 Å². The molecule has 0 aliphatic carbocycles. The summed E-state index contributed by atoms with van der Waals surface area (Å²) in [6.45, 7) is 0. The van der Waals surface area contributed by atoms with Gasteiger partial charge in [-0.2, -0.15) is 0 Å². The van der Waals surface area contributed by atoms with E-state index < -0.39 is 5.97 Å². The molecule has 0 fully saturated rings. The normalized spacial score (nSPS) is 10.0. The summed E-state index contributed by atoms with van der Waals surface area (Å²) in [6, 6.07) is 8.39. The zero-order chi connectivity index (χ0) is 14.4. The summed E-state index contributed by atoms with van der Waals surface area (Å²) in [5, 5.41) is 11.3. The van der Waals surface area contributed by atoms with Gasteiger partial charge in [0.1, 0.15) is 5.82 Å². The summed E-state index contributed by atoms with van der Waals surface area (Å²) in [7, 11) is 0. The molecule has 0 saturated carbocycles. The van der Waals surface area contributed by atoms with Crippen molar-refractivity contribution in [3.8, 4) is 0 Å². The van der Waals surface area contributed by atoms with Crippen molar-refractivity contribution in [1.82, 2.24) is 9.97 Å². The zero-order valence-electron chi connectivity index (χ0n) is 10.6. The smallest absolute Gasteiger partial charge is 0.337 e. The third-order valence-electron chi connectivity index (χ3n) is 2.61. The van der Waals surface area contributed by atoms with Gasteiger partial charge in [0.25, 0.3) is 0 Å². The van der Waals surface area contributed by atoms with Crippen LogP contribution in [0, 0.1) is 0 Å². The SMILES string of the molecule is O=C(CCc1ccccn1)Nc1ccc(C(=O)O)cn1. The van der Waals surface area contributed by atoms with Crippen molar-refractivity contribution in [2.75, 3.05) is 5.32 Å². The number of nitrogens with zero attached hydrogens (tertiary/aromatic N) is 2. The van der Waals surface area contributed by atoms with E-state index in [4.69, 9.17) is 5.11 Å². The molecular weight excluding hydrogens is 258 g/mol. The standard InChI is InChI=1S/C14H13N3O3/c18-13(7-5-11-3-1-2-8-15-11)17-12-6-4-10(9-16-12)14(19)20/h1-4,6,8-9H,5,7H2,(H,19,20)(H,16,17,18). The van der Waals surface area contributed by atoms with Crippen molar-refractivity contribution < 1.29 is 14.7 Å². The van der Waals surface area contributed by atoms with Crippen LogP contribution in [0.3, 0.4) is 0 Å². The van der Waals surface area contributed by atoms with E-state index in [1.807, 2.05) is 18.2 Å². The van der Waals surface area contributed by atoms with Crippen LogP contribution in [-0.2, 0) is 11.2 Å². The van der Waals surface area contributed by atoms with E-state index in [1.54, 1.807) is 6.20 Å². The molecule has 6 heteroatoms. The summed E-state index contributed by atoms with van der Waals surface area (Å²) >= 11 is 0. The molecule has 1 amide bonds. The van der Waals surface area contributed by atoms with Gasteiger partial charge in [-0.3, -0.25) is 9.78 Å². The molecule has 0 aliphatic heterocycles. The second-order valence-corrected chi connectivity index (χ2v) is 4.11. The fourth-order valence-electron chi connectivity index (χ4n) is 1.59. The summed E-state index contributed by atoms with van der Waals surface area (Å²) < 4.78 is 0. The summed E-state index contributed by atoms with van der Waals surface area (Å²) in [6.07, 6.45) is 3.72. The molecule has 0 aromatic carbocycles. The van der Waals surface area contributed by atoms with Crippen molar-refractivity contribution in [2.24, 2.45) is 0 Å². The number of pyridine rings is 2. The average molecular weight is 271 g/mol. The first-order valence-corrected chi connectivity index (χ1v) is 6.04. The van der Waals surface area contributed by atoms with Gasteiger partial charge in [-0.1, -0.05) is 6.07 Å². The van der Waals surface area contributed by atoms with Gasteiger partial charge in [-0.05, 0) is 30.7 Å². The number of hydrogen-bond donors (Lipinski definition) is 2. The van der Waals surface area contributed by atoms with Gasteiger partial charge in [-0.25, -0.2) is 9.78 Å². The fraction of sp³-hybridized carbons (Fsp3) is 0.143. The lowest BCUT2D eigenvalue weighted by atomic mass is 10.2. The molecular formula is C14H13N3O3. The fourth-order valence-corrected chi connectivity index (χ4v) is 1.59. The molecule has 0 bridgehead atoms.